The van der Waals surface area contributed by atoms with E-state index in [-0.39, 0.29) is 153 Å². The van der Waals surface area contributed by atoms with Crippen LogP contribution in [0.15, 0.2) is 121 Å². The van der Waals surface area contributed by atoms with Gasteiger partial charge in [0.15, 0.2) is 5.78 Å². The van der Waals surface area contributed by atoms with Crippen LogP contribution in [0.5, 0.6) is 0 Å². The Kier molecular flexibility index (Phi) is 78.4. The zero-order valence-electron chi connectivity index (χ0n) is 56.0. The van der Waals surface area contributed by atoms with Gasteiger partial charge in [0, 0.05) is 98.5 Å². The third-order valence-electron chi connectivity index (χ3n) is 15.8. The Balaban J connectivity index is -0.000000631. The molecule has 6 atom stereocenters. The predicted octanol–water partition coefficient (Wildman–Crippen LogP) is 16.9. The monoisotopic (exact) mass is 3650 g/mol. The van der Waals surface area contributed by atoms with Crippen LogP contribution < -0.4 is 24.3 Å². The van der Waals surface area contributed by atoms with Crippen molar-refractivity contribution >= 4 is 368 Å². The Morgan fingerprint density at radius 3 is 1.33 bits per heavy atom. The Labute approximate surface area is 820 Å². The van der Waals surface area contributed by atoms with Crippen molar-refractivity contribution in [2.24, 2.45) is 5.73 Å². The number of ketones is 1. The first-order chi connectivity index (χ1) is 48.7. The first kappa shape index (κ1) is 124. The molecule has 2 fully saturated rings. The molecule has 0 bridgehead atoms. The molecule has 21 nitrogen and oxygen atoms in total. The third-order valence-corrected chi connectivity index (χ3v) is 861. The number of Topliss-reactive ketones (excluding diaryl/α,β-unsaturated/α-hetero) is 1. The fraction of sp³-hybridized carbons (Fsp3) is 0.429. The first-order valence-corrected chi connectivity index (χ1v) is 132. The number of halogens is 19. The van der Waals surface area contributed by atoms with Crippen LogP contribution in [-0.2, 0) is 58.0 Å². The van der Waals surface area contributed by atoms with Crippen LogP contribution in [0.25, 0.3) is 0 Å². The van der Waals surface area contributed by atoms with Crippen molar-refractivity contribution in [3.63, 3.8) is 0 Å². The van der Waals surface area contributed by atoms with E-state index < -0.39 is 85.0 Å². The summed E-state index contributed by atoms with van der Waals surface area (Å²) in [6.45, 7) is 6.14. The zero-order chi connectivity index (χ0) is 75.0. The third kappa shape index (κ3) is 44.5. The zero-order valence-corrected chi connectivity index (χ0v) is 99.7. The summed E-state index contributed by atoms with van der Waals surface area (Å²) < 4.78 is 10.4. The molecule has 0 spiro atoms. The van der Waals surface area contributed by atoms with E-state index in [1.807, 2.05) is 59.4 Å². The predicted molar refractivity (Wildman–Crippen MR) is 624 cm³/mol. The molecule has 47 heteroatoms. The number of nitrogens with one attached hydrogen (secondary N) is 1. The van der Waals surface area contributed by atoms with Gasteiger partial charge in [0.05, 0.1) is 56.6 Å². The Morgan fingerprint density at radius 1 is 0.591 bits per heavy atom. The van der Waals surface area contributed by atoms with Crippen LogP contribution in [0, 0.1) is 10.1 Å². The van der Waals surface area contributed by atoms with Crippen molar-refractivity contribution in [2.45, 2.75) is 110 Å². The first-order valence-electron chi connectivity index (χ1n) is 30.3. The summed E-state index contributed by atoms with van der Waals surface area (Å²) in [6.07, 6.45) is 1.77. The number of amides is 2. The van der Waals surface area contributed by atoms with Gasteiger partial charge in [-0.1, -0.05) is 107 Å². The Bertz CT molecular complexity index is 3460. The van der Waals surface area contributed by atoms with E-state index in [9.17, 15) is 54.2 Å². The normalized spacial score (nSPS) is 17.4. The van der Waals surface area contributed by atoms with E-state index in [4.69, 9.17) is 26.0 Å². The molecular formula is C63H92B3ClI18N7O14S4-. The van der Waals surface area contributed by atoms with Gasteiger partial charge in [-0.2, -0.15) is 54.0 Å². The summed E-state index contributed by atoms with van der Waals surface area (Å²) in [7, 11) is 0.545. The fourth-order valence-electron chi connectivity index (χ4n) is 10.7. The quantitative estimate of drug-likeness (QED) is 0.00884. The molecule has 0 saturated carbocycles. The van der Waals surface area contributed by atoms with Crippen LogP contribution in [0.4, 0.5) is 0 Å². The van der Waals surface area contributed by atoms with Crippen molar-refractivity contribution in [1.29, 1.82) is 0 Å². The number of carboxylic acid groups (broad SMARTS) is 1. The van der Waals surface area contributed by atoms with Gasteiger partial charge >= 0.3 is 270 Å². The molecule has 2 saturated heterocycles. The van der Waals surface area contributed by atoms with Crippen LogP contribution in [0.3, 0.4) is 0 Å². The number of nitro groups is 1. The van der Waals surface area contributed by atoms with Gasteiger partial charge in [-0.05, 0) is 95.5 Å². The summed E-state index contributed by atoms with van der Waals surface area (Å²) in [4.78, 5) is 86.0. The van der Waals surface area contributed by atoms with E-state index >= 15 is 0 Å². The molecule has 2 amide bonds. The molecular weight excluding hydrogens is 3560 g/mol. The average molecular weight is 3650 g/mol. The number of benzene rings is 5. The number of hydrogen-bond acceptors (Lipinski definition) is 17. The number of aliphatic hydroxyl groups is 3. The average Bonchev–Trinajstić information content (AvgIpc) is 0.814. The second-order valence-corrected chi connectivity index (χ2v) is 354. The number of nitrogens with zero attached hydrogens (tertiary/aromatic N) is 5. The van der Waals surface area contributed by atoms with Crippen molar-refractivity contribution < 1.29 is 76.8 Å². The minimum absolute atomic E-state index is 0. The second kappa shape index (κ2) is 69.6. The number of nitrogens with two attached hydrogens (primary N) is 1. The van der Waals surface area contributed by atoms with E-state index in [1.54, 1.807) is 51.0 Å². The number of morpholine rings is 2. The molecule has 0 aromatic heterocycles. The molecule has 110 heavy (non-hydrogen) atoms. The number of fused-ring (bicyclic) bond motifs is 3. The molecule has 5 aliphatic rings. The second-order valence-electron chi connectivity index (χ2n) is 21.9. The summed E-state index contributed by atoms with van der Waals surface area (Å²) in [5.74, 6) is -1.12. The number of carbonyl (C=O) groups excluding carboxylic acids is 5. The Hall–Kier alpha value is 7.58. The maximum atomic E-state index is 12.6. The molecule has 5 aromatic carbocycles. The number of carboxylic acids is 1. The molecule has 0 unspecified atom stereocenters. The van der Waals surface area contributed by atoms with E-state index in [0.29, 0.717) is 115 Å². The molecule has 5 aromatic rings. The molecule has 7 N–H and O–H groups in total. The topological polar surface area (TPSA) is 296 Å². The summed E-state index contributed by atoms with van der Waals surface area (Å²) >= 11 is 27.3. The number of aromatic carboxylic acids is 1. The van der Waals surface area contributed by atoms with Crippen molar-refractivity contribution in [3.8, 4) is 0 Å². The molecule has 5 aliphatic heterocycles. The summed E-state index contributed by atoms with van der Waals surface area (Å²) in [5, 5.41) is 53.1. The summed E-state index contributed by atoms with van der Waals surface area (Å²) in [6, 6.07) is 36.2. The minimum atomic E-state index is -1.10. The SMILES string of the molecule is C.C.C.Cl.I[I-]I(I)I(I)I.NC[C@H](O)[C@@H]1Cc2ccccc2CN1[B]C=O.O=C(CC[C@H](O)[C@@H]1Cc2ccccc2CN1)c1ccc(C(=O)N2CCOCC2)cc1.O=C(O)c1ccc(C(=O)N2CCOCC2)cc1.O=C[B]N1Cc2ccccc2C[C@H]1[C@@H](O)C[N+](=O)[O-].S.S.S.S.[B]I(I)I(I)I(I)I(I)I(I)I. The standard InChI is InChI=1S/C24H28N2O4.C12H14BN2O4.C12H16BN2O2.C12H13NO4.3CH4.BI11.ClH.I7.4H2S/c27-22(9-10-23(28)21-15-19-3-1-2-4-20(19)16-25-21)17-5-7-18(8-6-17)24(29)26-11-13-30-14-12-26;16-8-13-14-6-10-4-2-1-3-9(10)5-11(14)12(17)7-15(18)19;14-6-12(17)11-5-9-3-1-2-4-10(9)7-15(11)13-8-16;14-11(13-5-7-17-8-6-13)9-1-3-10(4-2-9)12(15)16;;;;1-8(2)10(5)12(7)11(6)9(3)4;;1-5-7(4)6(2)3;;;;/h1-8,21,23,25,28H,9-16H2;1-4,8,11-12,17H,5-7H2;1-4,8,11-12,17H,5-7,14H2;1-4H,5-8H2,(H,15,16);3*1H4;;1H;;4*1H2/q;;;;;;;;;-1;;;;/t21-,23-;2*11-,12-;;;;;;;;;;;/m000.........../s1. The van der Waals surface area contributed by atoms with Gasteiger partial charge in [-0.15, -0.1) is 12.4 Å². The van der Waals surface area contributed by atoms with Crippen molar-refractivity contribution in [1.82, 2.24) is 24.7 Å². The van der Waals surface area contributed by atoms with Gasteiger partial charge in [0.25, 0.3) is 26.6 Å². The maximum absolute atomic E-state index is 12.6. The van der Waals surface area contributed by atoms with Gasteiger partial charge in [-0.3, -0.25) is 24.5 Å². The summed E-state index contributed by atoms with van der Waals surface area (Å²) in [5.41, 5.74) is 20.6. The van der Waals surface area contributed by atoms with Crippen LogP contribution in [0.1, 0.15) is 110 Å². The van der Waals surface area contributed by atoms with Crippen molar-refractivity contribution in [3.05, 3.63) is 187 Å². The molecule has 10 rings (SSSR count). The van der Waals surface area contributed by atoms with Gasteiger partial charge in [0.2, 0.25) is 6.54 Å². The van der Waals surface area contributed by atoms with E-state index in [2.05, 4.69) is 210 Å². The van der Waals surface area contributed by atoms with Crippen LogP contribution >= 0.6 is 312 Å². The molecule has 5 heterocycles. The van der Waals surface area contributed by atoms with Crippen LogP contribution in [0.2, 0.25) is 0 Å². The van der Waals surface area contributed by atoms with E-state index in [0.717, 1.165) is 36.7 Å². The van der Waals surface area contributed by atoms with Gasteiger partial charge in [0.1, 0.15) is 6.10 Å². The molecule has 630 valence electrons. The van der Waals surface area contributed by atoms with Crippen LogP contribution in [-0.4, -0.2) is 203 Å². The number of ether oxygens (including phenoxy) is 2. The van der Waals surface area contributed by atoms with Gasteiger partial charge < -0.3 is 70.0 Å². The number of aliphatic hydroxyl groups excluding tert-OH is 3. The van der Waals surface area contributed by atoms with E-state index in [1.165, 1.54) is 49.2 Å². The molecule has 4 radical (unpaired) electrons. The number of carbonyl (C=O) groups is 6. The number of hydrogen-bond donors (Lipinski definition) is 6. The van der Waals surface area contributed by atoms with Gasteiger partial charge in [-0.25, -0.2) is 4.79 Å². The fourth-order valence-corrected chi connectivity index (χ4v) is 1320. The van der Waals surface area contributed by atoms with Crippen molar-refractivity contribution in [2.75, 3.05) is 65.7 Å². The molecule has 0 aliphatic carbocycles. The Morgan fingerprint density at radius 2 is 0.973 bits per heavy atom. The number of rotatable bonds is 23.